The molecule has 0 saturated carbocycles. The van der Waals surface area contributed by atoms with Crippen LogP contribution in [0.1, 0.15) is 0 Å². The zero-order valence-electron chi connectivity index (χ0n) is 12.0. The summed E-state index contributed by atoms with van der Waals surface area (Å²) in [5.74, 6) is -0.0691. The number of nitro groups is 1. The number of nitrogens with one attached hydrogen (secondary N) is 1. The number of hydrogen-bond acceptors (Lipinski definition) is 8. The zero-order valence-corrected chi connectivity index (χ0v) is 12.0. The van der Waals surface area contributed by atoms with Gasteiger partial charge in [0.15, 0.2) is 12.3 Å². The minimum atomic E-state index is -0.613. The van der Waals surface area contributed by atoms with E-state index in [1.54, 1.807) is 24.3 Å². The molecule has 0 bridgehead atoms. The van der Waals surface area contributed by atoms with Gasteiger partial charge in [-0.3, -0.25) is 4.79 Å². The van der Waals surface area contributed by atoms with Crippen LogP contribution in [0.3, 0.4) is 0 Å². The molecule has 3 rings (SSSR count). The molecule has 24 heavy (non-hydrogen) atoms. The lowest BCUT2D eigenvalue weighted by Gasteiger charge is -2.03. The van der Waals surface area contributed by atoms with Gasteiger partial charge in [0, 0.05) is 5.56 Å². The molecule has 0 aliphatic carbocycles. The number of hydrogen-bond donors (Lipinski definition) is 2. The molecule has 11 heteroatoms. The molecule has 0 spiro atoms. The monoisotopic (exact) mass is 330 g/mol. The largest absolute Gasteiger partial charge is 0.484 e. The number of aromatic nitrogens is 4. The SMILES string of the molecule is NC(=O)COc1ccc(-c2noc(-c3cc([N+](=O)[O-])[nH]n3)n2)cc1. The maximum absolute atomic E-state index is 10.7. The van der Waals surface area contributed by atoms with E-state index in [1.165, 1.54) is 6.07 Å². The molecule has 122 valence electrons. The molecule has 0 aliphatic rings. The summed E-state index contributed by atoms with van der Waals surface area (Å²) in [6.07, 6.45) is 0. The first kappa shape index (κ1) is 15.1. The van der Waals surface area contributed by atoms with Crippen LogP contribution >= 0.6 is 0 Å². The van der Waals surface area contributed by atoms with E-state index in [4.69, 9.17) is 15.0 Å². The van der Waals surface area contributed by atoms with Crippen molar-refractivity contribution in [3.63, 3.8) is 0 Å². The normalized spacial score (nSPS) is 10.5. The van der Waals surface area contributed by atoms with Crippen molar-refractivity contribution in [3.05, 3.63) is 40.4 Å². The highest BCUT2D eigenvalue weighted by Gasteiger charge is 2.18. The number of aromatic amines is 1. The third-order valence-corrected chi connectivity index (χ3v) is 2.90. The van der Waals surface area contributed by atoms with E-state index in [-0.39, 0.29) is 29.8 Å². The molecule has 3 N–H and O–H groups in total. The van der Waals surface area contributed by atoms with Gasteiger partial charge < -0.3 is 25.1 Å². The van der Waals surface area contributed by atoms with E-state index in [0.717, 1.165) is 0 Å². The molecule has 0 fully saturated rings. The predicted molar refractivity (Wildman–Crippen MR) is 78.7 cm³/mol. The van der Waals surface area contributed by atoms with E-state index >= 15 is 0 Å². The highest BCUT2D eigenvalue weighted by Crippen LogP contribution is 2.24. The lowest BCUT2D eigenvalue weighted by molar-refractivity contribution is -0.389. The van der Waals surface area contributed by atoms with E-state index in [9.17, 15) is 14.9 Å². The van der Waals surface area contributed by atoms with Gasteiger partial charge in [0.05, 0.1) is 6.07 Å². The summed E-state index contributed by atoms with van der Waals surface area (Å²) in [4.78, 5) is 24.8. The van der Waals surface area contributed by atoms with E-state index in [2.05, 4.69) is 20.3 Å². The second kappa shape index (κ2) is 6.16. The highest BCUT2D eigenvalue weighted by atomic mass is 16.6. The summed E-state index contributed by atoms with van der Waals surface area (Å²) in [5.41, 5.74) is 5.79. The van der Waals surface area contributed by atoms with Crippen LogP contribution in [0.15, 0.2) is 34.9 Å². The predicted octanol–water partition coefficient (Wildman–Crippen LogP) is 0.899. The van der Waals surface area contributed by atoms with Crippen molar-refractivity contribution in [2.45, 2.75) is 0 Å². The third-order valence-electron chi connectivity index (χ3n) is 2.90. The average Bonchev–Trinajstić information content (AvgIpc) is 3.22. The Morgan fingerprint density at radius 1 is 1.38 bits per heavy atom. The topological polar surface area (TPSA) is 163 Å². The highest BCUT2D eigenvalue weighted by molar-refractivity contribution is 5.75. The number of carbonyl (C=O) groups is 1. The fourth-order valence-corrected chi connectivity index (χ4v) is 1.81. The van der Waals surface area contributed by atoms with Crippen LogP contribution in [0.2, 0.25) is 0 Å². The molecule has 11 nitrogen and oxygen atoms in total. The van der Waals surface area contributed by atoms with Gasteiger partial charge in [0.25, 0.3) is 11.8 Å². The number of ether oxygens (including phenoxy) is 1. The first-order chi connectivity index (χ1) is 11.5. The molecule has 0 radical (unpaired) electrons. The lowest BCUT2D eigenvalue weighted by Crippen LogP contribution is -2.19. The Bertz CT molecular complexity index is 884. The van der Waals surface area contributed by atoms with E-state index < -0.39 is 10.8 Å². The minimum absolute atomic E-state index is 0.0448. The maximum Gasteiger partial charge on any atom is 0.343 e. The van der Waals surface area contributed by atoms with Crippen LogP contribution < -0.4 is 10.5 Å². The Hall–Kier alpha value is -3.76. The second-order valence-corrected chi connectivity index (χ2v) is 4.60. The number of amides is 1. The van der Waals surface area contributed by atoms with Crippen molar-refractivity contribution in [1.29, 1.82) is 0 Å². The first-order valence-electron chi connectivity index (χ1n) is 6.58. The van der Waals surface area contributed by atoms with Crippen LogP contribution in [0.25, 0.3) is 23.0 Å². The molecular formula is C13H10N6O5. The lowest BCUT2D eigenvalue weighted by atomic mass is 10.2. The smallest absolute Gasteiger partial charge is 0.343 e. The van der Waals surface area contributed by atoms with Crippen LogP contribution in [-0.4, -0.2) is 37.8 Å². The summed E-state index contributed by atoms with van der Waals surface area (Å²) in [6.45, 7) is -0.219. The van der Waals surface area contributed by atoms with Crippen LogP contribution in [0.4, 0.5) is 5.82 Å². The van der Waals surface area contributed by atoms with Gasteiger partial charge in [-0.2, -0.15) is 4.98 Å². The van der Waals surface area contributed by atoms with Gasteiger partial charge in [-0.25, -0.2) is 0 Å². The van der Waals surface area contributed by atoms with Crippen molar-refractivity contribution < 1.29 is 19.0 Å². The number of H-pyrrole nitrogens is 1. The quantitative estimate of drug-likeness (QED) is 0.497. The van der Waals surface area contributed by atoms with E-state index in [0.29, 0.717) is 11.3 Å². The standard InChI is InChI=1S/C13H10N6O5/c14-10(20)6-23-8-3-1-7(2-4-8)12-15-13(24-18-12)9-5-11(17-16-9)19(21)22/h1-5H,6H2,(H2,14,20)(H,16,17). The number of nitrogens with zero attached hydrogens (tertiary/aromatic N) is 4. The van der Waals surface area contributed by atoms with Gasteiger partial charge in [-0.05, 0) is 29.2 Å². The van der Waals surface area contributed by atoms with Gasteiger partial charge in [0.2, 0.25) is 5.82 Å². The Kier molecular flexibility index (Phi) is 3.89. The summed E-state index contributed by atoms with van der Waals surface area (Å²) in [7, 11) is 0. The summed E-state index contributed by atoms with van der Waals surface area (Å²) in [5, 5.41) is 20.4. The molecule has 0 aliphatic heterocycles. The van der Waals surface area contributed by atoms with Crippen LogP contribution in [0.5, 0.6) is 5.75 Å². The third kappa shape index (κ3) is 3.19. The molecule has 2 heterocycles. The molecule has 3 aromatic rings. The fourth-order valence-electron chi connectivity index (χ4n) is 1.81. The van der Waals surface area contributed by atoms with E-state index in [1.807, 2.05) is 0 Å². The van der Waals surface area contributed by atoms with Crippen molar-refractivity contribution in [2.75, 3.05) is 6.61 Å². The second-order valence-electron chi connectivity index (χ2n) is 4.60. The molecular weight excluding hydrogens is 320 g/mol. The number of carbonyl (C=O) groups excluding carboxylic acids is 1. The molecule has 0 unspecified atom stereocenters. The van der Waals surface area contributed by atoms with Crippen molar-refractivity contribution in [1.82, 2.24) is 20.3 Å². The molecule has 0 atom stereocenters. The van der Waals surface area contributed by atoms with Crippen molar-refractivity contribution in [3.8, 4) is 28.7 Å². The number of nitrogens with two attached hydrogens (primary N) is 1. The van der Waals surface area contributed by atoms with Crippen molar-refractivity contribution >= 4 is 11.7 Å². The number of rotatable bonds is 6. The van der Waals surface area contributed by atoms with Crippen LogP contribution in [0, 0.1) is 10.1 Å². The summed E-state index contributed by atoms with van der Waals surface area (Å²) in [6, 6.07) is 7.76. The number of primary amides is 1. The van der Waals surface area contributed by atoms with Gasteiger partial charge >= 0.3 is 5.82 Å². The van der Waals surface area contributed by atoms with Gasteiger partial charge in [-0.1, -0.05) is 10.3 Å². The molecule has 1 aromatic carbocycles. The molecule has 2 aromatic heterocycles. The van der Waals surface area contributed by atoms with Crippen LogP contribution in [-0.2, 0) is 4.79 Å². The van der Waals surface area contributed by atoms with Gasteiger partial charge in [0.1, 0.15) is 5.75 Å². The molecule has 1 amide bonds. The fraction of sp³-hybridized carbons (Fsp3) is 0.0769. The first-order valence-corrected chi connectivity index (χ1v) is 6.58. The Balaban J connectivity index is 1.77. The van der Waals surface area contributed by atoms with Crippen molar-refractivity contribution in [2.24, 2.45) is 5.73 Å². The Morgan fingerprint density at radius 3 is 2.75 bits per heavy atom. The summed E-state index contributed by atoms with van der Waals surface area (Å²) < 4.78 is 10.2. The number of benzene rings is 1. The summed E-state index contributed by atoms with van der Waals surface area (Å²) >= 11 is 0. The average molecular weight is 330 g/mol. The molecule has 0 saturated heterocycles. The minimum Gasteiger partial charge on any atom is -0.484 e. The van der Waals surface area contributed by atoms with Gasteiger partial charge in [-0.15, -0.1) is 5.10 Å². The Morgan fingerprint density at radius 2 is 2.12 bits per heavy atom. The Labute approximate surface area is 133 Å². The maximum atomic E-state index is 10.7. The zero-order chi connectivity index (χ0) is 17.1.